The topological polar surface area (TPSA) is 18.5 Å². The van der Waals surface area contributed by atoms with Crippen LogP contribution in [0.3, 0.4) is 0 Å². The van der Waals surface area contributed by atoms with Gasteiger partial charge in [-0.1, -0.05) is 25.8 Å². The summed E-state index contributed by atoms with van der Waals surface area (Å²) in [5.41, 5.74) is 1.30. The second-order valence-electron chi connectivity index (χ2n) is 3.17. The molecule has 0 aromatic rings. The fourth-order valence-electron chi connectivity index (χ4n) is 1.26. The predicted molar refractivity (Wildman–Crippen MR) is 49.0 cm³/mol. The molecule has 1 heterocycles. The van der Waals surface area contributed by atoms with Crippen molar-refractivity contribution in [1.29, 1.82) is 0 Å². The molecule has 70 valence electrons. The summed E-state index contributed by atoms with van der Waals surface area (Å²) < 4.78 is 10.3. The third-order valence-electron chi connectivity index (χ3n) is 1.98. The minimum atomic E-state index is 0.465. The van der Waals surface area contributed by atoms with E-state index in [1.165, 1.54) is 31.3 Å². The molecule has 1 saturated heterocycles. The molecule has 0 saturated carbocycles. The lowest BCUT2D eigenvalue weighted by molar-refractivity contribution is -0.0693. The molecule has 2 heteroatoms. The summed E-state index contributed by atoms with van der Waals surface area (Å²) in [6, 6.07) is 0. The van der Waals surface area contributed by atoms with Gasteiger partial charge in [0.15, 0.2) is 0 Å². The van der Waals surface area contributed by atoms with Gasteiger partial charge in [-0.05, 0) is 18.4 Å². The van der Waals surface area contributed by atoms with Gasteiger partial charge in [-0.25, -0.2) is 0 Å². The molecule has 0 radical (unpaired) electrons. The van der Waals surface area contributed by atoms with E-state index in [2.05, 4.69) is 13.0 Å². The third kappa shape index (κ3) is 3.88. The molecule has 1 aliphatic heterocycles. The molecule has 12 heavy (non-hydrogen) atoms. The summed E-state index contributed by atoms with van der Waals surface area (Å²) >= 11 is 0. The van der Waals surface area contributed by atoms with Crippen LogP contribution in [0.2, 0.25) is 0 Å². The number of rotatable bonds is 4. The van der Waals surface area contributed by atoms with Crippen molar-refractivity contribution in [3.05, 3.63) is 11.6 Å². The fraction of sp³-hybridized carbons (Fsp3) is 0.800. The summed E-state index contributed by atoms with van der Waals surface area (Å²) in [5.74, 6) is 0. The maximum Gasteiger partial charge on any atom is 0.147 e. The lowest BCUT2D eigenvalue weighted by atomic mass is 10.1. The molecular weight excluding hydrogens is 152 g/mol. The van der Waals surface area contributed by atoms with Crippen molar-refractivity contribution >= 4 is 0 Å². The Bertz CT molecular complexity index is 133. The molecule has 0 aromatic heterocycles. The van der Waals surface area contributed by atoms with Crippen molar-refractivity contribution in [1.82, 2.24) is 0 Å². The van der Waals surface area contributed by atoms with Crippen molar-refractivity contribution in [3.8, 4) is 0 Å². The van der Waals surface area contributed by atoms with Gasteiger partial charge in [0.25, 0.3) is 0 Å². The van der Waals surface area contributed by atoms with E-state index >= 15 is 0 Å². The quantitative estimate of drug-likeness (QED) is 0.476. The molecule has 0 aliphatic carbocycles. The number of hydrogen-bond donors (Lipinski definition) is 0. The molecule has 0 bridgehead atoms. The number of allylic oxidation sites excluding steroid dienone is 1. The van der Waals surface area contributed by atoms with Gasteiger partial charge in [0.05, 0.1) is 13.2 Å². The van der Waals surface area contributed by atoms with E-state index in [1.807, 2.05) is 0 Å². The third-order valence-corrected chi connectivity index (χ3v) is 1.98. The number of hydrogen-bond acceptors (Lipinski definition) is 2. The van der Waals surface area contributed by atoms with Crippen LogP contribution in [-0.4, -0.2) is 20.0 Å². The molecule has 0 amide bonds. The van der Waals surface area contributed by atoms with E-state index in [0.717, 1.165) is 13.2 Å². The van der Waals surface area contributed by atoms with Crippen molar-refractivity contribution in [2.24, 2.45) is 0 Å². The second-order valence-corrected chi connectivity index (χ2v) is 3.17. The minimum Gasteiger partial charge on any atom is -0.351 e. The van der Waals surface area contributed by atoms with Crippen LogP contribution >= 0.6 is 0 Å². The van der Waals surface area contributed by atoms with E-state index in [0.29, 0.717) is 6.79 Å². The first-order chi connectivity index (χ1) is 5.93. The molecule has 1 fully saturated rings. The Balaban J connectivity index is 2.08. The number of ether oxygens (including phenoxy) is 2. The van der Waals surface area contributed by atoms with Crippen molar-refractivity contribution in [2.75, 3.05) is 20.0 Å². The molecular formula is C10H18O2. The Morgan fingerprint density at radius 3 is 2.67 bits per heavy atom. The highest BCUT2D eigenvalue weighted by atomic mass is 16.7. The van der Waals surface area contributed by atoms with Gasteiger partial charge < -0.3 is 9.47 Å². The van der Waals surface area contributed by atoms with Gasteiger partial charge in [0.2, 0.25) is 0 Å². The Kier molecular flexibility index (Phi) is 5.04. The first-order valence-electron chi connectivity index (χ1n) is 4.77. The SMILES string of the molecule is CCCCCC=C1COCOC1. The Morgan fingerprint density at radius 1 is 1.25 bits per heavy atom. The highest BCUT2D eigenvalue weighted by Crippen LogP contribution is 2.07. The minimum absolute atomic E-state index is 0.465. The summed E-state index contributed by atoms with van der Waals surface area (Å²) in [6.45, 7) is 4.23. The zero-order chi connectivity index (χ0) is 8.65. The summed E-state index contributed by atoms with van der Waals surface area (Å²) in [4.78, 5) is 0. The van der Waals surface area contributed by atoms with Crippen LogP contribution in [0.15, 0.2) is 11.6 Å². The normalized spacial score (nSPS) is 17.9. The first-order valence-corrected chi connectivity index (χ1v) is 4.77. The van der Waals surface area contributed by atoms with Gasteiger partial charge in [-0.2, -0.15) is 0 Å². The average molecular weight is 170 g/mol. The van der Waals surface area contributed by atoms with Crippen LogP contribution < -0.4 is 0 Å². The van der Waals surface area contributed by atoms with Crippen LogP contribution in [0.25, 0.3) is 0 Å². The summed E-state index contributed by atoms with van der Waals surface area (Å²) in [5, 5.41) is 0. The van der Waals surface area contributed by atoms with E-state index in [9.17, 15) is 0 Å². The van der Waals surface area contributed by atoms with E-state index in [-0.39, 0.29) is 0 Å². The molecule has 1 rings (SSSR count). The molecule has 0 N–H and O–H groups in total. The molecule has 1 aliphatic rings. The fourth-order valence-corrected chi connectivity index (χ4v) is 1.26. The standard InChI is InChI=1S/C10H18O2/c1-2-3-4-5-6-10-7-11-9-12-8-10/h6H,2-5,7-9H2,1H3. The Hall–Kier alpha value is -0.340. The molecule has 0 aromatic carbocycles. The summed E-state index contributed by atoms with van der Waals surface area (Å²) in [7, 11) is 0. The first kappa shape index (κ1) is 9.75. The van der Waals surface area contributed by atoms with Crippen LogP contribution in [0, 0.1) is 0 Å². The molecule has 0 atom stereocenters. The monoisotopic (exact) mass is 170 g/mol. The maximum absolute atomic E-state index is 5.15. The van der Waals surface area contributed by atoms with Crippen LogP contribution in [0.1, 0.15) is 32.6 Å². The highest BCUT2D eigenvalue weighted by molar-refractivity contribution is 5.03. The lowest BCUT2D eigenvalue weighted by Crippen LogP contribution is -2.15. The van der Waals surface area contributed by atoms with Crippen molar-refractivity contribution < 1.29 is 9.47 Å². The second kappa shape index (κ2) is 6.21. The van der Waals surface area contributed by atoms with Gasteiger partial charge in [-0.15, -0.1) is 0 Å². The van der Waals surface area contributed by atoms with Crippen LogP contribution in [-0.2, 0) is 9.47 Å². The lowest BCUT2D eigenvalue weighted by Gasteiger charge is -2.15. The van der Waals surface area contributed by atoms with E-state index in [4.69, 9.17) is 9.47 Å². The average Bonchev–Trinajstić information content (AvgIpc) is 2.14. The van der Waals surface area contributed by atoms with Crippen molar-refractivity contribution in [3.63, 3.8) is 0 Å². The highest BCUT2D eigenvalue weighted by Gasteiger charge is 2.03. The molecule has 0 spiro atoms. The predicted octanol–water partition coefficient (Wildman–Crippen LogP) is 2.50. The number of unbranched alkanes of at least 4 members (excludes halogenated alkanes) is 3. The summed E-state index contributed by atoms with van der Waals surface area (Å²) in [6.07, 6.45) is 7.34. The Labute approximate surface area is 74.6 Å². The van der Waals surface area contributed by atoms with Crippen LogP contribution in [0.4, 0.5) is 0 Å². The van der Waals surface area contributed by atoms with E-state index in [1.54, 1.807) is 0 Å². The maximum atomic E-state index is 5.15. The smallest absolute Gasteiger partial charge is 0.147 e. The zero-order valence-electron chi connectivity index (χ0n) is 7.84. The van der Waals surface area contributed by atoms with Crippen LogP contribution in [0.5, 0.6) is 0 Å². The zero-order valence-corrected chi connectivity index (χ0v) is 7.84. The van der Waals surface area contributed by atoms with Gasteiger partial charge >= 0.3 is 0 Å². The molecule has 2 nitrogen and oxygen atoms in total. The largest absolute Gasteiger partial charge is 0.351 e. The van der Waals surface area contributed by atoms with Crippen molar-refractivity contribution in [2.45, 2.75) is 32.6 Å². The Morgan fingerprint density at radius 2 is 2.00 bits per heavy atom. The molecule has 0 unspecified atom stereocenters. The van der Waals surface area contributed by atoms with Gasteiger partial charge in [-0.3, -0.25) is 0 Å². The van der Waals surface area contributed by atoms with Gasteiger partial charge in [0.1, 0.15) is 6.79 Å². The van der Waals surface area contributed by atoms with E-state index < -0.39 is 0 Å². The van der Waals surface area contributed by atoms with Gasteiger partial charge in [0, 0.05) is 0 Å².